The van der Waals surface area contributed by atoms with Crippen molar-refractivity contribution in [1.82, 2.24) is 19.8 Å². The van der Waals surface area contributed by atoms with Crippen LogP contribution in [-0.2, 0) is 4.79 Å². The minimum atomic E-state index is -0.165. The van der Waals surface area contributed by atoms with E-state index in [2.05, 4.69) is 20.6 Å². The number of anilines is 1. The molecule has 6 nitrogen and oxygen atoms in total. The molecule has 28 heavy (non-hydrogen) atoms. The van der Waals surface area contributed by atoms with Crippen molar-refractivity contribution in [2.24, 2.45) is 0 Å². The van der Waals surface area contributed by atoms with Gasteiger partial charge in [-0.1, -0.05) is 49.4 Å². The van der Waals surface area contributed by atoms with Gasteiger partial charge < -0.3 is 5.32 Å². The summed E-state index contributed by atoms with van der Waals surface area (Å²) in [6, 6.07) is 21.4. The molecule has 2 aromatic carbocycles. The summed E-state index contributed by atoms with van der Waals surface area (Å²) in [5.74, 6) is 0.579. The summed E-state index contributed by atoms with van der Waals surface area (Å²) < 4.78 is 1.72. The van der Waals surface area contributed by atoms with E-state index in [1.807, 2.05) is 80.6 Å². The van der Waals surface area contributed by atoms with Gasteiger partial charge in [0.2, 0.25) is 5.91 Å². The van der Waals surface area contributed by atoms with Crippen molar-refractivity contribution < 1.29 is 4.79 Å². The molecule has 0 saturated carbocycles. The average molecular weight is 371 g/mol. The Morgan fingerprint density at radius 1 is 1.00 bits per heavy atom. The molecule has 0 aliphatic rings. The minimum absolute atomic E-state index is 0.00103. The molecule has 0 fully saturated rings. The molecule has 0 aliphatic carbocycles. The third-order valence-corrected chi connectivity index (χ3v) is 4.79. The number of carbonyl (C=O) groups is 1. The third kappa shape index (κ3) is 3.49. The molecule has 2 aromatic heterocycles. The Morgan fingerprint density at radius 3 is 2.46 bits per heavy atom. The fourth-order valence-corrected chi connectivity index (χ4v) is 3.26. The Bertz CT molecular complexity index is 1100. The quantitative estimate of drug-likeness (QED) is 0.570. The van der Waals surface area contributed by atoms with Crippen LogP contribution in [0, 0.1) is 6.92 Å². The van der Waals surface area contributed by atoms with Gasteiger partial charge in [-0.25, -0.2) is 0 Å². The molecule has 6 heteroatoms. The normalized spacial score (nSPS) is 12.1. The molecule has 0 aliphatic heterocycles. The lowest BCUT2D eigenvalue weighted by Crippen LogP contribution is -2.20. The maximum absolute atomic E-state index is 12.7. The number of fused-ring (bicyclic) bond motifs is 1. The fourth-order valence-electron chi connectivity index (χ4n) is 3.26. The predicted octanol–water partition coefficient (Wildman–Crippen LogP) is 4.23. The molecule has 4 rings (SSSR count). The number of carbonyl (C=O) groups excluding carboxylic acids is 1. The number of hydrogen-bond donors (Lipinski definition) is 1. The standard InChI is InChI=1S/C22H21N5O/c1-3-19(16-7-5-4-6-8-16)22(28)23-18-11-9-17(10-12-18)20-13-14-21-25-24-15(2)27(21)26-20/h4-14,19H,3H2,1-2H3,(H,23,28). The summed E-state index contributed by atoms with van der Waals surface area (Å²) in [6.45, 7) is 3.89. The number of amides is 1. The Kier molecular flexibility index (Phi) is 4.85. The Morgan fingerprint density at radius 2 is 1.75 bits per heavy atom. The molecule has 4 aromatic rings. The van der Waals surface area contributed by atoms with Crippen LogP contribution in [-0.4, -0.2) is 25.7 Å². The van der Waals surface area contributed by atoms with Crippen molar-refractivity contribution in [1.29, 1.82) is 0 Å². The summed E-state index contributed by atoms with van der Waals surface area (Å²) >= 11 is 0. The number of hydrogen-bond acceptors (Lipinski definition) is 4. The lowest BCUT2D eigenvalue weighted by Gasteiger charge is -2.15. The van der Waals surface area contributed by atoms with Crippen molar-refractivity contribution in [3.05, 3.63) is 78.1 Å². The summed E-state index contributed by atoms with van der Waals surface area (Å²) in [5, 5.41) is 15.7. The van der Waals surface area contributed by atoms with E-state index in [-0.39, 0.29) is 11.8 Å². The van der Waals surface area contributed by atoms with Crippen LogP contribution in [0.25, 0.3) is 16.9 Å². The van der Waals surface area contributed by atoms with Crippen LogP contribution in [0.1, 0.15) is 30.7 Å². The highest BCUT2D eigenvalue weighted by atomic mass is 16.1. The first kappa shape index (κ1) is 17.9. The number of rotatable bonds is 5. The van der Waals surface area contributed by atoms with Gasteiger partial charge in [0.15, 0.2) is 11.5 Å². The predicted molar refractivity (Wildman–Crippen MR) is 109 cm³/mol. The van der Waals surface area contributed by atoms with Crippen LogP contribution in [0.4, 0.5) is 5.69 Å². The van der Waals surface area contributed by atoms with E-state index in [1.54, 1.807) is 4.52 Å². The van der Waals surface area contributed by atoms with E-state index in [0.29, 0.717) is 0 Å². The SMILES string of the molecule is CCC(C(=O)Nc1ccc(-c2ccc3nnc(C)n3n2)cc1)c1ccccc1. The van der Waals surface area contributed by atoms with Crippen LogP contribution in [0.5, 0.6) is 0 Å². The zero-order chi connectivity index (χ0) is 19.5. The largest absolute Gasteiger partial charge is 0.326 e. The van der Waals surface area contributed by atoms with Crippen molar-refractivity contribution >= 4 is 17.2 Å². The number of benzene rings is 2. The van der Waals surface area contributed by atoms with Crippen LogP contribution >= 0.6 is 0 Å². The molecule has 0 saturated heterocycles. The van der Waals surface area contributed by atoms with E-state index in [4.69, 9.17) is 0 Å². The van der Waals surface area contributed by atoms with Crippen molar-refractivity contribution in [2.45, 2.75) is 26.2 Å². The molecule has 0 bridgehead atoms. The summed E-state index contributed by atoms with van der Waals surface area (Å²) in [6.07, 6.45) is 0.746. The molecule has 1 atom stereocenters. The van der Waals surface area contributed by atoms with Gasteiger partial charge in [-0.15, -0.1) is 10.2 Å². The number of nitrogens with one attached hydrogen (secondary N) is 1. The number of aryl methyl sites for hydroxylation is 1. The minimum Gasteiger partial charge on any atom is -0.326 e. The average Bonchev–Trinajstić information content (AvgIpc) is 3.10. The van der Waals surface area contributed by atoms with Gasteiger partial charge in [0, 0.05) is 11.3 Å². The molecule has 0 radical (unpaired) electrons. The van der Waals surface area contributed by atoms with Gasteiger partial charge in [-0.05, 0) is 43.2 Å². The first-order valence-electron chi connectivity index (χ1n) is 9.31. The van der Waals surface area contributed by atoms with Crippen LogP contribution in [0.3, 0.4) is 0 Å². The van der Waals surface area contributed by atoms with E-state index in [1.165, 1.54) is 0 Å². The Labute approximate surface area is 163 Å². The highest BCUT2D eigenvalue weighted by Crippen LogP contribution is 2.23. The maximum Gasteiger partial charge on any atom is 0.231 e. The second kappa shape index (κ2) is 7.60. The number of nitrogens with zero attached hydrogens (tertiary/aromatic N) is 4. The smallest absolute Gasteiger partial charge is 0.231 e. The van der Waals surface area contributed by atoms with Crippen molar-refractivity contribution in [2.75, 3.05) is 5.32 Å². The van der Waals surface area contributed by atoms with Crippen molar-refractivity contribution in [3.8, 4) is 11.3 Å². The van der Waals surface area contributed by atoms with Crippen LogP contribution < -0.4 is 5.32 Å². The van der Waals surface area contributed by atoms with Gasteiger partial charge in [0.1, 0.15) is 0 Å². The zero-order valence-corrected chi connectivity index (χ0v) is 15.8. The van der Waals surface area contributed by atoms with E-state index in [0.717, 1.165) is 40.4 Å². The van der Waals surface area contributed by atoms with Gasteiger partial charge in [-0.2, -0.15) is 9.61 Å². The summed E-state index contributed by atoms with van der Waals surface area (Å²) in [4.78, 5) is 12.7. The lowest BCUT2D eigenvalue weighted by atomic mass is 9.95. The Balaban J connectivity index is 1.52. The molecule has 2 heterocycles. The monoisotopic (exact) mass is 371 g/mol. The second-order valence-corrected chi connectivity index (χ2v) is 6.67. The van der Waals surface area contributed by atoms with Crippen LogP contribution in [0.15, 0.2) is 66.7 Å². The maximum atomic E-state index is 12.7. The molecular weight excluding hydrogens is 350 g/mol. The first-order chi connectivity index (χ1) is 13.7. The molecule has 0 spiro atoms. The van der Waals surface area contributed by atoms with Crippen molar-refractivity contribution in [3.63, 3.8) is 0 Å². The van der Waals surface area contributed by atoms with E-state index in [9.17, 15) is 4.79 Å². The van der Waals surface area contributed by atoms with E-state index >= 15 is 0 Å². The van der Waals surface area contributed by atoms with Gasteiger partial charge >= 0.3 is 0 Å². The van der Waals surface area contributed by atoms with Gasteiger partial charge in [0.25, 0.3) is 0 Å². The molecular formula is C22H21N5O. The second-order valence-electron chi connectivity index (χ2n) is 6.67. The number of aromatic nitrogens is 4. The molecule has 140 valence electrons. The highest BCUT2D eigenvalue weighted by molar-refractivity contribution is 5.96. The summed E-state index contributed by atoms with van der Waals surface area (Å²) in [7, 11) is 0. The van der Waals surface area contributed by atoms with E-state index < -0.39 is 0 Å². The lowest BCUT2D eigenvalue weighted by molar-refractivity contribution is -0.117. The Hall–Kier alpha value is -3.54. The molecule has 1 amide bonds. The first-order valence-corrected chi connectivity index (χ1v) is 9.31. The highest BCUT2D eigenvalue weighted by Gasteiger charge is 2.18. The topological polar surface area (TPSA) is 72.2 Å². The van der Waals surface area contributed by atoms with Gasteiger partial charge in [0.05, 0.1) is 11.6 Å². The molecule has 1 unspecified atom stereocenters. The summed E-state index contributed by atoms with van der Waals surface area (Å²) in [5.41, 5.74) is 4.30. The van der Waals surface area contributed by atoms with Crippen LogP contribution in [0.2, 0.25) is 0 Å². The zero-order valence-electron chi connectivity index (χ0n) is 15.8. The fraction of sp³-hybridized carbons (Fsp3) is 0.182. The molecule has 1 N–H and O–H groups in total. The van der Waals surface area contributed by atoms with Gasteiger partial charge in [-0.3, -0.25) is 4.79 Å². The third-order valence-electron chi connectivity index (χ3n) is 4.79.